The Kier molecular flexibility index (Phi) is 2.57. The van der Waals surface area contributed by atoms with E-state index in [1.54, 1.807) is 17.8 Å². The molecule has 4 heteroatoms. The number of hydrogen-bond acceptors (Lipinski definition) is 3. The maximum absolute atomic E-state index is 11.8. The van der Waals surface area contributed by atoms with Crippen molar-refractivity contribution in [2.75, 3.05) is 13.1 Å². The second kappa shape index (κ2) is 3.87. The maximum Gasteiger partial charge on any atom is 0.253 e. The van der Waals surface area contributed by atoms with Crippen LogP contribution in [-0.4, -0.2) is 17.7 Å². The lowest BCUT2D eigenvalue weighted by molar-refractivity contribution is 0.630. The number of nitriles is 1. The third-order valence-electron chi connectivity index (χ3n) is 2.93. The Morgan fingerprint density at radius 3 is 3.13 bits per heavy atom. The molecule has 78 valence electrons. The van der Waals surface area contributed by atoms with Crippen molar-refractivity contribution in [3.05, 3.63) is 34.2 Å². The molecule has 0 aromatic carbocycles. The molecule has 2 rings (SSSR count). The van der Waals surface area contributed by atoms with Crippen molar-refractivity contribution in [3.63, 3.8) is 0 Å². The van der Waals surface area contributed by atoms with E-state index in [0.29, 0.717) is 6.54 Å². The zero-order valence-corrected chi connectivity index (χ0v) is 8.60. The molecule has 1 aliphatic heterocycles. The minimum absolute atomic E-state index is 0.00597. The molecule has 1 aromatic heterocycles. The fourth-order valence-corrected chi connectivity index (χ4v) is 2.04. The number of rotatable bonds is 1. The summed E-state index contributed by atoms with van der Waals surface area (Å²) in [7, 11) is 1.73. The second-order valence-electron chi connectivity index (χ2n) is 3.88. The molecule has 2 heterocycles. The van der Waals surface area contributed by atoms with E-state index in [2.05, 4.69) is 11.4 Å². The molecule has 1 N–H and O–H groups in total. The average molecular weight is 203 g/mol. The minimum Gasteiger partial charge on any atom is -0.318 e. The lowest BCUT2D eigenvalue weighted by Gasteiger charge is -2.12. The molecule has 1 fully saturated rings. The van der Waals surface area contributed by atoms with Gasteiger partial charge in [0, 0.05) is 37.8 Å². The minimum atomic E-state index is -0.0832. The van der Waals surface area contributed by atoms with E-state index in [1.165, 1.54) is 0 Å². The highest BCUT2D eigenvalue weighted by Gasteiger charge is 2.30. The Morgan fingerprint density at radius 2 is 2.40 bits per heavy atom. The molecule has 0 amide bonds. The standard InChI is InChI=1S/C11H13N3O/c1-14-4-2-3-9(11(14)15)10-7-13-6-8(10)5-12/h2-4,8,10,13H,6-7H2,1H3. The summed E-state index contributed by atoms with van der Waals surface area (Å²) in [6, 6.07) is 5.92. The highest BCUT2D eigenvalue weighted by atomic mass is 16.1. The van der Waals surface area contributed by atoms with E-state index in [-0.39, 0.29) is 17.4 Å². The van der Waals surface area contributed by atoms with Crippen molar-refractivity contribution in [3.8, 4) is 6.07 Å². The fraction of sp³-hybridized carbons (Fsp3) is 0.455. The largest absolute Gasteiger partial charge is 0.318 e. The van der Waals surface area contributed by atoms with Gasteiger partial charge in [-0.25, -0.2) is 0 Å². The van der Waals surface area contributed by atoms with Gasteiger partial charge < -0.3 is 9.88 Å². The first-order valence-electron chi connectivity index (χ1n) is 5.00. The number of nitrogens with one attached hydrogen (secondary N) is 1. The summed E-state index contributed by atoms with van der Waals surface area (Å²) in [4.78, 5) is 11.8. The predicted molar refractivity (Wildman–Crippen MR) is 56.4 cm³/mol. The molecular weight excluding hydrogens is 190 g/mol. The monoisotopic (exact) mass is 203 g/mol. The Bertz CT molecular complexity index is 458. The Labute approximate surface area is 88.1 Å². The Morgan fingerprint density at radius 1 is 1.60 bits per heavy atom. The second-order valence-corrected chi connectivity index (χ2v) is 3.88. The summed E-state index contributed by atoms with van der Waals surface area (Å²) in [5, 5.41) is 12.1. The van der Waals surface area contributed by atoms with Gasteiger partial charge in [-0.05, 0) is 6.07 Å². The maximum atomic E-state index is 11.8. The van der Waals surface area contributed by atoms with Crippen LogP contribution in [0.25, 0.3) is 0 Å². The van der Waals surface area contributed by atoms with Gasteiger partial charge in [-0.1, -0.05) is 6.07 Å². The van der Waals surface area contributed by atoms with E-state index in [4.69, 9.17) is 5.26 Å². The van der Waals surface area contributed by atoms with E-state index in [0.717, 1.165) is 12.1 Å². The van der Waals surface area contributed by atoms with Crippen LogP contribution in [0.2, 0.25) is 0 Å². The summed E-state index contributed by atoms with van der Waals surface area (Å²) >= 11 is 0. The lowest BCUT2D eigenvalue weighted by Crippen LogP contribution is -2.25. The van der Waals surface area contributed by atoms with Gasteiger partial charge in [0.05, 0.1) is 12.0 Å². The van der Waals surface area contributed by atoms with Gasteiger partial charge in [0.15, 0.2) is 0 Å². The SMILES string of the molecule is Cn1cccc(C2CNCC2C#N)c1=O. The van der Waals surface area contributed by atoms with Gasteiger partial charge in [0.2, 0.25) is 0 Å². The van der Waals surface area contributed by atoms with Crippen LogP contribution < -0.4 is 10.9 Å². The first-order valence-corrected chi connectivity index (χ1v) is 5.00. The molecule has 2 atom stereocenters. The summed E-state index contributed by atoms with van der Waals surface area (Å²) in [5.74, 6) is -0.0463. The molecule has 1 aliphatic rings. The number of aryl methyl sites for hydroxylation is 1. The van der Waals surface area contributed by atoms with Gasteiger partial charge in [-0.3, -0.25) is 4.79 Å². The normalized spacial score (nSPS) is 25.1. The summed E-state index contributed by atoms with van der Waals surface area (Å²) in [5.41, 5.74) is 0.753. The van der Waals surface area contributed by atoms with Crippen molar-refractivity contribution in [2.24, 2.45) is 13.0 Å². The van der Waals surface area contributed by atoms with Crippen LogP contribution in [0.3, 0.4) is 0 Å². The van der Waals surface area contributed by atoms with Gasteiger partial charge in [-0.2, -0.15) is 5.26 Å². The van der Waals surface area contributed by atoms with Crippen LogP contribution >= 0.6 is 0 Å². The molecule has 1 saturated heterocycles. The lowest BCUT2D eigenvalue weighted by atomic mass is 9.91. The van der Waals surface area contributed by atoms with Crippen LogP contribution in [0, 0.1) is 17.2 Å². The topological polar surface area (TPSA) is 57.8 Å². The van der Waals surface area contributed by atoms with Crippen molar-refractivity contribution < 1.29 is 0 Å². The van der Waals surface area contributed by atoms with Crippen LogP contribution in [0.1, 0.15) is 11.5 Å². The van der Waals surface area contributed by atoms with E-state index >= 15 is 0 Å². The third kappa shape index (κ3) is 1.66. The molecular formula is C11H13N3O. The van der Waals surface area contributed by atoms with E-state index in [9.17, 15) is 4.79 Å². The molecule has 1 aromatic rings. The van der Waals surface area contributed by atoms with Gasteiger partial charge in [0.25, 0.3) is 5.56 Å². The fourth-order valence-electron chi connectivity index (χ4n) is 2.04. The van der Waals surface area contributed by atoms with Gasteiger partial charge >= 0.3 is 0 Å². The zero-order valence-electron chi connectivity index (χ0n) is 8.60. The summed E-state index contributed by atoms with van der Waals surface area (Å²) in [6.07, 6.45) is 1.73. The average Bonchev–Trinajstić information content (AvgIpc) is 2.70. The third-order valence-corrected chi connectivity index (χ3v) is 2.93. The smallest absolute Gasteiger partial charge is 0.253 e. The quantitative estimate of drug-likeness (QED) is 0.710. The van der Waals surface area contributed by atoms with E-state index in [1.807, 2.05) is 12.1 Å². The highest BCUT2D eigenvalue weighted by molar-refractivity contribution is 5.21. The number of pyridine rings is 1. The molecule has 0 radical (unpaired) electrons. The van der Waals surface area contributed by atoms with Crippen molar-refractivity contribution in [1.82, 2.24) is 9.88 Å². The van der Waals surface area contributed by atoms with Gasteiger partial charge in [-0.15, -0.1) is 0 Å². The predicted octanol–water partition coefficient (Wildman–Crippen LogP) is 0.212. The number of hydrogen-bond donors (Lipinski definition) is 1. The van der Waals surface area contributed by atoms with Crippen molar-refractivity contribution >= 4 is 0 Å². The Balaban J connectivity index is 2.42. The summed E-state index contributed by atoms with van der Waals surface area (Å²) in [6.45, 7) is 1.40. The first-order chi connectivity index (χ1) is 7.24. The van der Waals surface area contributed by atoms with Crippen LogP contribution in [0.4, 0.5) is 0 Å². The van der Waals surface area contributed by atoms with Crippen LogP contribution in [-0.2, 0) is 7.05 Å². The molecule has 0 aliphatic carbocycles. The van der Waals surface area contributed by atoms with Crippen molar-refractivity contribution in [1.29, 1.82) is 5.26 Å². The molecule has 15 heavy (non-hydrogen) atoms. The van der Waals surface area contributed by atoms with Gasteiger partial charge in [0.1, 0.15) is 0 Å². The van der Waals surface area contributed by atoms with E-state index < -0.39 is 0 Å². The molecule has 4 nitrogen and oxygen atoms in total. The molecule has 0 bridgehead atoms. The Hall–Kier alpha value is -1.60. The molecule has 2 unspecified atom stereocenters. The van der Waals surface area contributed by atoms with Crippen LogP contribution in [0.15, 0.2) is 23.1 Å². The number of nitrogens with zero attached hydrogens (tertiary/aromatic N) is 2. The number of aromatic nitrogens is 1. The highest BCUT2D eigenvalue weighted by Crippen LogP contribution is 2.24. The zero-order chi connectivity index (χ0) is 10.8. The van der Waals surface area contributed by atoms with Crippen LogP contribution in [0.5, 0.6) is 0 Å². The van der Waals surface area contributed by atoms with Crippen molar-refractivity contribution in [2.45, 2.75) is 5.92 Å². The molecule has 0 spiro atoms. The first kappa shape index (κ1) is 9.94. The molecule has 0 saturated carbocycles. The summed E-state index contributed by atoms with van der Waals surface area (Å²) < 4.78 is 1.56.